The van der Waals surface area contributed by atoms with E-state index in [1.165, 1.54) is 6.20 Å². The molecule has 0 atom stereocenters. The van der Waals surface area contributed by atoms with E-state index in [0.717, 1.165) is 6.42 Å². The van der Waals surface area contributed by atoms with Crippen LogP contribution in [0.4, 0.5) is 0 Å². The van der Waals surface area contributed by atoms with E-state index in [9.17, 15) is 4.57 Å². The molecule has 1 heterocycles. The summed E-state index contributed by atoms with van der Waals surface area (Å²) in [5.41, 5.74) is -0.133. The van der Waals surface area contributed by atoms with Crippen molar-refractivity contribution in [3.8, 4) is 0 Å². The van der Waals surface area contributed by atoms with Crippen molar-refractivity contribution in [2.75, 3.05) is 0 Å². The average molecular weight is 202 g/mol. The predicted molar refractivity (Wildman–Crippen MR) is 48.8 cm³/mol. The van der Waals surface area contributed by atoms with Crippen LogP contribution in [-0.2, 0) is 11.0 Å². The Morgan fingerprint density at radius 2 is 2.38 bits per heavy atom. The Hall–Kier alpha value is -0.900. The summed E-state index contributed by atoms with van der Waals surface area (Å²) in [5.74, 6) is 0.568. The standard InChI is InChI=1S/C7H11N2O3P/c1-2-3-4-6-8-5-7(9-6)13(10,11)12/h2,5H,1,3-4H2,(H,8,9)(H2,10,11,12). The van der Waals surface area contributed by atoms with Gasteiger partial charge in [0.2, 0.25) is 0 Å². The molecule has 0 aliphatic heterocycles. The molecule has 0 bridgehead atoms. The van der Waals surface area contributed by atoms with E-state index in [1.54, 1.807) is 6.08 Å². The number of aromatic nitrogens is 2. The summed E-state index contributed by atoms with van der Waals surface area (Å²) in [4.78, 5) is 23.9. The molecule has 0 radical (unpaired) electrons. The number of hydrogen-bond acceptors (Lipinski definition) is 2. The van der Waals surface area contributed by atoms with Crippen molar-refractivity contribution in [3.05, 3.63) is 24.7 Å². The Bertz CT molecular complexity index is 341. The smallest absolute Gasteiger partial charge is 0.336 e. The minimum Gasteiger partial charge on any atom is -0.336 e. The molecule has 0 fully saturated rings. The maximum atomic E-state index is 10.7. The fourth-order valence-corrected chi connectivity index (χ4v) is 1.35. The number of rotatable bonds is 4. The number of imidazole rings is 1. The van der Waals surface area contributed by atoms with Crippen LogP contribution >= 0.6 is 7.60 Å². The third-order valence-electron chi connectivity index (χ3n) is 1.51. The molecule has 0 aliphatic carbocycles. The number of nitrogens with zero attached hydrogens (tertiary/aromatic N) is 1. The molecule has 3 N–H and O–H groups in total. The Balaban J connectivity index is 2.75. The van der Waals surface area contributed by atoms with Gasteiger partial charge in [-0.15, -0.1) is 6.58 Å². The van der Waals surface area contributed by atoms with Gasteiger partial charge in [-0.1, -0.05) is 6.08 Å². The lowest BCUT2D eigenvalue weighted by Crippen LogP contribution is -2.04. The van der Waals surface area contributed by atoms with Gasteiger partial charge in [0, 0.05) is 6.42 Å². The molecular formula is C7H11N2O3P. The highest BCUT2D eigenvalue weighted by molar-refractivity contribution is 7.60. The summed E-state index contributed by atoms with van der Waals surface area (Å²) >= 11 is 0. The average Bonchev–Trinajstić information content (AvgIpc) is 2.47. The van der Waals surface area contributed by atoms with Crippen molar-refractivity contribution in [1.29, 1.82) is 0 Å². The molecular weight excluding hydrogens is 191 g/mol. The number of allylic oxidation sites excluding steroid dienone is 1. The maximum Gasteiger partial charge on any atom is 0.373 e. The molecule has 0 saturated carbocycles. The zero-order valence-electron chi connectivity index (χ0n) is 6.97. The van der Waals surface area contributed by atoms with Crippen LogP contribution in [0.15, 0.2) is 18.9 Å². The number of aromatic amines is 1. The van der Waals surface area contributed by atoms with Crippen LogP contribution < -0.4 is 5.44 Å². The van der Waals surface area contributed by atoms with Gasteiger partial charge in [-0.2, -0.15) is 0 Å². The monoisotopic (exact) mass is 202 g/mol. The Kier molecular flexibility index (Phi) is 3.03. The third kappa shape index (κ3) is 2.81. The summed E-state index contributed by atoms with van der Waals surface area (Å²) in [7, 11) is -4.17. The van der Waals surface area contributed by atoms with E-state index in [0.29, 0.717) is 12.2 Å². The van der Waals surface area contributed by atoms with Crippen molar-refractivity contribution in [1.82, 2.24) is 9.97 Å². The second-order valence-electron chi connectivity index (χ2n) is 2.59. The van der Waals surface area contributed by atoms with E-state index < -0.39 is 7.60 Å². The van der Waals surface area contributed by atoms with Crippen molar-refractivity contribution in [3.63, 3.8) is 0 Å². The van der Waals surface area contributed by atoms with Gasteiger partial charge in [-0.25, -0.2) is 4.98 Å². The first-order valence-electron chi connectivity index (χ1n) is 3.75. The molecule has 0 aromatic carbocycles. The van der Waals surface area contributed by atoms with Crippen molar-refractivity contribution >= 4 is 13.0 Å². The molecule has 1 aromatic rings. The van der Waals surface area contributed by atoms with Crippen molar-refractivity contribution in [2.24, 2.45) is 0 Å². The van der Waals surface area contributed by atoms with Gasteiger partial charge < -0.3 is 14.8 Å². The zero-order chi connectivity index (χ0) is 9.90. The molecule has 0 spiro atoms. The van der Waals surface area contributed by atoms with Crippen molar-refractivity contribution < 1.29 is 14.4 Å². The van der Waals surface area contributed by atoms with Crippen LogP contribution in [0.5, 0.6) is 0 Å². The van der Waals surface area contributed by atoms with Gasteiger partial charge in [-0.3, -0.25) is 4.57 Å². The maximum absolute atomic E-state index is 10.7. The molecule has 0 saturated heterocycles. The zero-order valence-corrected chi connectivity index (χ0v) is 7.87. The third-order valence-corrected chi connectivity index (χ3v) is 2.37. The van der Waals surface area contributed by atoms with Crippen LogP contribution in [-0.4, -0.2) is 19.8 Å². The first-order valence-corrected chi connectivity index (χ1v) is 5.36. The van der Waals surface area contributed by atoms with E-state index >= 15 is 0 Å². The number of H-pyrrole nitrogens is 1. The van der Waals surface area contributed by atoms with Gasteiger partial charge in [0.15, 0.2) is 0 Å². The SMILES string of the molecule is C=CCCc1ncc(P(=O)(O)O)[nH]1. The second-order valence-corrected chi connectivity index (χ2v) is 4.16. The highest BCUT2D eigenvalue weighted by Gasteiger charge is 2.19. The van der Waals surface area contributed by atoms with Crippen LogP contribution in [0, 0.1) is 0 Å². The summed E-state index contributed by atoms with van der Waals surface area (Å²) < 4.78 is 10.7. The second kappa shape index (κ2) is 3.87. The van der Waals surface area contributed by atoms with Gasteiger partial charge in [0.05, 0.1) is 6.20 Å². The molecule has 0 aliphatic rings. The molecule has 0 unspecified atom stereocenters. The number of aryl methyl sites for hydroxylation is 1. The summed E-state index contributed by atoms with van der Waals surface area (Å²) in [5, 5.41) is 0. The largest absolute Gasteiger partial charge is 0.373 e. The van der Waals surface area contributed by atoms with Gasteiger partial charge in [-0.05, 0) is 6.42 Å². The fraction of sp³-hybridized carbons (Fsp3) is 0.286. The lowest BCUT2D eigenvalue weighted by Gasteiger charge is -1.97. The fourth-order valence-electron chi connectivity index (χ4n) is 0.865. The molecule has 13 heavy (non-hydrogen) atoms. The molecule has 72 valence electrons. The van der Waals surface area contributed by atoms with E-state index in [-0.39, 0.29) is 5.44 Å². The van der Waals surface area contributed by atoms with E-state index in [4.69, 9.17) is 9.79 Å². The highest BCUT2D eigenvalue weighted by Crippen LogP contribution is 2.31. The number of hydrogen-bond donors (Lipinski definition) is 3. The predicted octanol–water partition coefficient (Wildman–Crippen LogP) is 0.331. The van der Waals surface area contributed by atoms with Crippen LogP contribution in [0.25, 0.3) is 0 Å². The molecule has 6 heteroatoms. The molecule has 0 amide bonds. The Morgan fingerprint density at radius 1 is 1.69 bits per heavy atom. The lowest BCUT2D eigenvalue weighted by atomic mass is 10.3. The van der Waals surface area contributed by atoms with Gasteiger partial charge in [0.1, 0.15) is 11.3 Å². The van der Waals surface area contributed by atoms with Gasteiger partial charge >= 0.3 is 7.60 Å². The molecule has 1 aromatic heterocycles. The minimum atomic E-state index is -4.17. The van der Waals surface area contributed by atoms with Crippen LogP contribution in [0.1, 0.15) is 12.2 Å². The summed E-state index contributed by atoms with van der Waals surface area (Å²) in [6, 6.07) is 0. The van der Waals surface area contributed by atoms with Gasteiger partial charge in [0.25, 0.3) is 0 Å². The first-order chi connectivity index (χ1) is 6.04. The van der Waals surface area contributed by atoms with E-state index in [1.807, 2.05) is 0 Å². The van der Waals surface area contributed by atoms with Crippen LogP contribution in [0.3, 0.4) is 0 Å². The first kappa shape index (κ1) is 10.2. The summed E-state index contributed by atoms with van der Waals surface area (Å²) in [6.45, 7) is 3.54. The topological polar surface area (TPSA) is 86.2 Å². The lowest BCUT2D eigenvalue weighted by molar-refractivity contribution is 0.386. The Morgan fingerprint density at radius 3 is 2.85 bits per heavy atom. The molecule has 1 rings (SSSR count). The normalized spacial score (nSPS) is 11.5. The highest BCUT2D eigenvalue weighted by atomic mass is 31.2. The minimum absolute atomic E-state index is 0.133. The number of nitrogens with one attached hydrogen (secondary N) is 1. The molecule has 5 nitrogen and oxygen atoms in total. The quantitative estimate of drug-likeness (QED) is 0.485. The van der Waals surface area contributed by atoms with Crippen LogP contribution in [0.2, 0.25) is 0 Å². The van der Waals surface area contributed by atoms with Crippen molar-refractivity contribution in [2.45, 2.75) is 12.8 Å². The Labute approximate surface area is 75.7 Å². The summed E-state index contributed by atoms with van der Waals surface area (Å²) in [6.07, 6.45) is 4.23. The van der Waals surface area contributed by atoms with E-state index in [2.05, 4.69) is 16.5 Å².